The van der Waals surface area contributed by atoms with Crippen molar-refractivity contribution in [2.45, 2.75) is 43.6 Å². The van der Waals surface area contributed by atoms with Crippen LogP contribution in [0.4, 0.5) is 10.1 Å². The molecule has 18 nitrogen and oxygen atoms in total. The quantitative estimate of drug-likeness (QED) is 0.175. The molecule has 0 radical (unpaired) electrons. The van der Waals surface area contributed by atoms with Crippen LogP contribution in [0.25, 0.3) is 10.9 Å². The molecule has 1 amide bonds. The van der Waals surface area contributed by atoms with Gasteiger partial charge in [-0.2, -0.15) is 0 Å². The standard InChI is InChI=1S/C22H24N2O8.C18H20FN3O4.H2O/c1-7-8-5-4-6-9(25)11(8)16(26)12-10(7)17(27)14-15(24(2)3)18(28)13(21(23)31)20(30)22(14,32)19(12)29;1-10-9-26-17-14-11(16(23)12(18(24)25)8-22(10)14)7-13(19)15(17)21-5-3-20(2)4-6-21;/h4-7,10,14-15,17,25,27-29,32H,1-3H3,(H2,23,31);7-8,10H,3-6,9H2,1-2H3,(H,24,25);1H2/t7-,10+,14+,15-,17-,22-;10-;/m00./s1. The predicted molar refractivity (Wildman–Crippen MR) is 208 cm³/mol. The van der Waals surface area contributed by atoms with E-state index in [1.54, 1.807) is 23.6 Å². The molecule has 0 bridgehead atoms. The number of aliphatic hydroxyl groups is 4. The number of carboxylic acid groups (broad SMARTS) is 1. The van der Waals surface area contributed by atoms with Crippen molar-refractivity contribution in [3.05, 3.63) is 85.9 Å². The first-order valence-corrected chi connectivity index (χ1v) is 18.6. The Morgan fingerprint density at radius 2 is 1.69 bits per heavy atom. The van der Waals surface area contributed by atoms with Gasteiger partial charge in [-0.05, 0) is 51.7 Å². The molecule has 2 aromatic carbocycles. The highest BCUT2D eigenvalue weighted by Gasteiger charge is 2.67. The number of fused-ring (bicyclic) bond motifs is 3. The van der Waals surface area contributed by atoms with E-state index in [-0.39, 0.29) is 40.4 Å². The molecule has 10 N–H and O–H groups in total. The summed E-state index contributed by atoms with van der Waals surface area (Å²) in [5, 5.41) is 64.4. The van der Waals surface area contributed by atoms with Gasteiger partial charge in [0.15, 0.2) is 23.0 Å². The van der Waals surface area contributed by atoms with Gasteiger partial charge in [-0.3, -0.25) is 24.1 Å². The van der Waals surface area contributed by atoms with Crippen LogP contribution >= 0.6 is 0 Å². The number of anilines is 1. The minimum absolute atomic E-state index is 0. The molecular formula is C40H46FN5O13. The van der Waals surface area contributed by atoms with E-state index < -0.39 is 92.9 Å². The van der Waals surface area contributed by atoms with Crippen molar-refractivity contribution in [3.63, 3.8) is 0 Å². The molecule has 8 rings (SSSR count). The smallest absolute Gasteiger partial charge is 0.341 e. The number of ketones is 2. The van der Waals surface area contributed by atoms with Crippen LogP contribution < -0.4 is 20.8 Å². The molecule has 0 spiro atoms. The van der Waals surface area contributed by atoms with Crippen LogP contribution in [-0.4, -0.2) is 146 Å². The SMILES string of the molecule is C[C@H]1COc2c(N3CCN(C)CC3)c(F)cc3c(=O)c(C(=O)O)cn1c23.C[C@H]1c2cccc(O)c2C(=O)C2=C(O)[C@]3(O)C(=O)C(C(N)=O)=C(O)[C@@H](N(C)C)[C@@H]3[C@@H](O)[C@@H]21.O. The van der Waals surface area contributed by atoms with Crippen LogP contribution in [0, 0.1) is 17.7 Å². The molecule has 0 saturated carbocycles. The second kappa shape index (κ2) is 15.1. The Kier molecular flexibility index (Phi) is 10.9. The number of nitrogens with zero attached hydrogens (tertiary/aromatic N) is 4. The second-order valence-electron chi connectivity index (χ2n) is 15.8. The number of amides is 1. The maximum Gasteiger partial charge on any atom is 0.341 e. The lowest BCUT2D eigenvalue weighted by Crippen LogP contribution is -2.68. The first-order valence-electron chi connectivity index (χ1n) is 18.6. The Balaban J connectivity index is 0.000000199. The Hall–Kier alpha value is -5.86. The lowest BCUT2D eigenvalue weighted by Gasteiger charge is -2.53. The normalized spacial score (nSPS) is 27.6. The number of carboxylic acids is 1. The van der Waals surface area contributed by atoms with Crippen molar-refractivity contribution in [1.82, 2.24) is 14.4 Å². The summed E-state index contributed by atoms with van der Waals surface area (Å²) in [7, 11) is 4.99. The summed E-state index contributed by atoms with van der Waals surface area (Å²) in [6, 6.07) is 4.16. The van der Waals surface area contributed by atoms with Gasteiger partial charge in [0.25, 0.3) is 5.91 Å². The summed E-state index contributed by atoms with van der Waals surface area (Å²) in [5.41, 5.74) is 1.14. The molecule has 1 saturated heterocycles. The first kappa shape index (κ1) is 42.7. The molecular weight excluding hydrogens is 777 g/mol. The van der Waals surface area contributed by atoms with Gasteiger partial charge in [-0.1, -0.05) is 19.1 Å². The number of benzene rings is 2. The maximum absolute atomic E-state index is 15.0. The van der Waals surface area contributed by atoms with Crippen molar-refractivity contribution >= 4 is 40.0 Å². The van der Waals surface area contributed by atoms with Gasteiger partial charge in [0.05, 0.1) is 40.6 Å². The zero-order chi connectivity index (χ0) is 42.4. The minimum atomic E-state index is -2.89. The van der Waals surface area contributed by atoms with E-state index in [1.165, 1.54) is 31.3 Å². The molecule has 7 atom stereocenters. The van der Waals surface area contributed by atoms with Crippen LogP contribution in [-0.2, 0) is 9.59 Å². The Morgan fingerprint density at radius 1 is 1.05 bits per heavy atom. The first-order chi connectivity index (χ1) is 27.2. The Labute approximate surface area is 335 Å². The van der Waals surface area contributed by atoms with E-state index in [4.69, 9.17) is 10.5 Å². The number of carbonyl (C=O) groups excluding carboxylic acids is 3. The number of aromatic nitrogens is 1. The average molecular weight is 824 g/mol. The van der Waals surface area contributed by atoms with Crippen molar-refractivity contribution in [2.75, 3.05) is 58.8 Å². The van der Waals surface area contributed by atoms with Gasteiger partial charge in [-0.25, -0.2) is 9.18 Å². The number of ether oxygens (including phenoxy) is 1. The summed E-state index contributed by atoms with van der Waals surface area (Å²) >= 11 is 0. The molecule has 59 heavy (non-hydrogen) atoms. The van der Waals surface area contributed by atoms with Crippen molar-refractivity contribution in [2.24, 2.45) is 17.6 Å². The number of pyridine rings is 1. The van der Waals surface area contributed by atoms with Crippen molar-refractivity contribution in [3.8, 4) is 11.5 Å². The van der Waals surface area contributed by atoms with E-state index in [2.05, 4.69) is 4.90 Å². The van der Waals surface area contributed by atoms with Crippen LogP contribution in [0.5, 0.6) is 11.5 Å². The lowest BCUT2D eigenvalue weighted by molar-refractivity contribution is -0.162. The number of halogens is 1. The molecule has 0 unspecified atom stereocenters. The fourth-order valence-corrected chi connectivity index (χ4v) is 9.27. The molecule has 1 fully saturated rings. The van der Waals surface area contributed by atoms with E-state index in [1.807, 2.05) is 18.9 Å². The number of carbonyl (C=O) groups is 4. The summed E-state index contributed by atoms with van der Waals surface area (Å²) in [5.74, 6) is -10.4. The second-order valence-corrected chi connectivity index (χ2v) is 15.8. The molecule has 3 aliphatic carbocycles. The average Bonchev–Trinajstić information content (AvgIpc) is 3.15. The summed E-state index contributed by atoms with van der Waals surface area (Å²) < 4.78 is 22.6. The number of aliphatic hydroxyl groups excluding tert-OH is 3. The number of phenols is 1. The zero-order valence-corrected chi connectivity index (χ0v) is 32.8. The van der Waals surface area contributed by atoms with Crippen molar-refractivity contribution in [1.29, 1.82) is 0 Å². The molecule has 2 aliphatic heterocycles. The Morgan fingerprint density at radius 3 is 2.29 bits per heavy atom. The highest BCUT2D eigenvalue weighted by atomic mass is 19.1. The van der Waals surface area contributed by atoms with Gasteiger partial charge in [0, 0.05) is 43.9 Å². The largest absolute Gasteiger partial charge is 0.510 e. The monoisotopic (exact) mass is 823 g/mol. The molecule has 3 heterocycles. The zero-order valence-electron chi connectivity index (χ0n) is 32.8. The highest BCUT2D eigenvalue weighted by molar-refractivity contribution is 6.25. The number of piperazine rings is 1. The fraction of sp³-hybridized carbons (Fsp3) is 0.425. The fourth-order valence-electron chi connectivity index (χ4n) is 9.27. The molecule has 316 valence electrons. The number of hydrogen-bond acceptors (Lipinski definition) is 14. The van der Waals surface area contributed by atoms with Gasteiger partial charge in [0.2, 0.25) is 11.2 Å². The predicted octanol–water partition coefficient (Wildman–Crippen LogP) is 0.372. The van der Waals surface area contributed by atoms with Crippen LogP contribution in [0.3, 0.4) is 0 Å². The number of aromatic hydroxyl groups is 1. The molecule has 1 aromatic heterocycles. The van der Waals surface area contributed by atoms with E-state index >= 15 is 0 Å². The van der Waals surface area contributed by atoms with Gasteiger partial charge in [-0.15, -0.1) is 0 Å². The van der Waals surface area contributed by atoms with Crippen LogP contribution in [0.2, 0.25) is 0 Å². The minimum Gasteiger partial charge on any atom is -0.510 e. The van der Waals surface area contributed by atoms with Crippen LogP contribution in [0.1, 0.15) is 52.1 Å². The Bertz CT molecular complexity index is 2440. The molecule has 19 heteroatoms. The number of rotatable bonds is 4. The van der Waals surface area contributed by atoms with Gasteiger partial charge < -0.3 is 61.0 Å². The van der Waals surface area contributed by atoms with Gasteiger partial charge in [0.1, 0.15) is 40.7 Å². The lowest BCUT2D eigenvalue weighted by atomic mass is 9.55. The summed E-state index contributed by atoms with van der Waals surface area (Å²) in [4.78, 5) is 67.9. The number of primary amides is 1. The summed E-state index contributed by atoms with van der Waals surface area (Å²) in [6.45, 7) is 6.75. The number of Topliss-reactive ketones (excluding diaryl/α,β-unsaturated/α-hetero) is 2. The maximum atomic E-state index is 15.0. The summed E-state index contributed by atoms with van der Waals surface area (Å²) in [6.07, 6.45) is -0.247. The number of hydrogen-bond donors (Lipinski definition) is 7. The van der Waals surface area contributed by atoms with E-state index in [0.717, 1.165) is 19.2 Å². The number of likely N-dealkylation sites (N-methyl/N-ethyl adjacent to an activating group) is 2. The molecule has 3 aromatic rings. The topological polar surface area (TPSA) is 288 Å². The van der Waals surface area contributed by atoms with Crippen molar-refractivity contribution < 1.29 is 64.4 Å². The number of nitrogens with two attached hydrogens (primary N) is 1. The third-order valence-electron chi connectivity index (χ3n) is 12.2. The third kappa shape index (κ3) is 6.22. The number of aromatic carboxylic acids is 1. The molecule has 5 aliphatic rings. The highest BCUT2D eigenvalue weighted by Crippen LogP contribution is 2.55. The third-order valence-corrected chi connectivity index (χ3v) is 12.2. The van der Waals surface area contributed by atoms with Gasteiger partial charge >= 0.3 is 5.97 Å². The van der Waals surface area contributed by atoms with E-state index in [0.29, 0.717) is 35.6 Å². The number of phenolic OH excluding ortho intramolecular Hbond substituents is 1. The van der Waals surface area contributed by atoms with Crippen LogP contribution in [0.15, 0.2) is 57.9 Å². The van der Waals surface area contributed by atoms with E-state index in [9.17, 15) is 59.0 Å².